The van der Waals surface area contributed by atoms with Gasteiger partial charge in [-0.05, 0) is 66.4 Å². The van der Waals surface area contributed by atoms with E-state index < -0.39 is 0 Å². The molecule has 0 saturated carbocycles. The van der Waals surface area contributed by atoms with Gasteiger partial charge in [-0.1, -0.05) is 74.0 Å². The predicted molar refractivity (Wildman–Crippen MR) is 181 cm³/mol. The lowest BCUT2D eigenvalue weighted by Crippen LogP contribution is -2.47. The van der Waals surface area contributed by atoms with Crippen molar-refractivity contribution in [2.75, 3.05) is 54.9 Å². The Morgan fingerprint density at radius 3 is 2.12 bits per heavy atom. The maximum atomic E-state index is 13.5. The lowest BCUT2D eigenvalue weighted by Gasteiger charge is -2.38. The molecule has 5 rings (SSSR count). The molecule has 0 aliphatic carbocycles. The Labute approximate surface area is 261 Å². The van der Waals surface area contributed by atoms with Gasteiger partial charge in [0, 0.05) is 56.6 Å². The van der Waals surface area contributed by atoms with Crippen LogP contribution < -0.4 is 15.1 Å². The summed E-state index contributed by atoms with van der Waals surface area (Å²) in [6, 6.07) is 31.0. The van der Waals surface area contributed by atoms with Crippen molar-refractivity contribution < 1.29 is 9.59 Å². The summed E-state index contributed by atoms with van der Waals surface area (Å²) in [6.45, 7) is 11.6. The highest BCUT2D eigenvalue weighted by Crippen LogP contribution is 2.31. The van der Waals surface area contributed by atoms with Gasteiger partial charge in [0.15, 0.2) is 0 Å². The van der Waals surface area contributed by atoms with E-state index in [1.807, 2.05) is 80.7 Å². The normalized spacial score (nSPS) is 13.4. The van der Waals surface area contributed by atoms with Gasteiger partial charge < -0.3 is 15.1 Å². The minimum atomic E-state index is -0.190. The number of piperazine rings is 1. The third kappa shape index (κ3) is 7.64. The van der Waals surface area contributed by atoms with Crippen LogP contribution in [0.3, 0.4) is 0 Å². The molecule has 1 saturated heterocycles. The summed E-state index contributed by atoms with van der Waals surface area (Å²) < 4.78 is 0. The minimum absolute atomic E-state index is 0. The van der Waals surface area contributed by atoms with Crippen molar-refractivity contribution in [2.45, 2.75) is 20.8 Å². The van der Waals surface area contributed by atoms with Gasteiger partial charge >= 0.3 is 0 Å². The van der Waals surface area contributed by atoms with E-state index in [4.69, 9.17) is 0 Å². The first-order valence-electron chi connectivity index (χ1n) is 14.7. The Bertz CT molecular complexity index is 1530. The van der Waals surface area contributed by atoms with E-state index in [1.165, 1.54) is 5.56 Å². The lowest BCUT2D eigenvalue weighted by molar-refractivity contribution is 0.0991. The van der Waals surface area contributed by atoms with Crippen molar-refractivity contribution in [1.29, 1.82) is 0 Å². The highest BCUT2D eigenvalue weighted by Gasteiger charge is 2.23. The number of benzene rings is 4. The van der Waals surface area contributed by atoms with Crippen molar-refractivity contribution in [1.82, 2.24) is 4.90 Å². The van der Waals surface area contributed by atoms with Crippen molar-refractivity contribution in [2.24, 2.45) is 5.92 Å². The number of carbonyl (C=O) groups is 2. The molecule has 6 nitrogen and oxygen atoms in total. The smallest absolute Gasteiger partial charge is 0.258 e. The second-order valence-electron chi connectivity index (χ2n) is 11.5. The maximum Gasteiger partial charge on any atom is 0.258 e. The first kappa shape index (κ1) is 31.8. The van der Waals surface area contributed by atoms with Crippen LogP contribution in [0.15, 0.2) is 97.1 Å². The summed E-state index contributed by atoms with van der Waals surface area (Å²) in [6.07, 6.45) is 0. The maximum absolute atomic E-state index is 13.5. The molecule has 1 N–H and O–H groups in total. The van der Waals surface area contributed by atoms with E-state index in [2.05, 4.69) is 35.0 Å². The third-order valence-corrected chi connectivity index (χ3v) is 7.81. The molecule has 7 heteroatoms. The molecule has 0 bridgehead atoms. The number of para-hydroxylation sites is 2. The number of halogens is 1. The molecular formula is C36H41ClN4O2. The van der Waals surface area contributed by atoms with Gasteiger partial charge in [0.2, 0.25) is 0 Å². The number of amides is 2. The van der Waals surface area contributed by atoms with E-state index in [0.717, 1.165) is 55.2 Å². The second kappa shape index (κ2) is 14.4. The van der Waals surface area contributed by atoms with Crippen molar-refractivity contribution >= 4 is 41.3 Å². The van der Waals surface area contributed by atoms with E-state index in [-0.39, 0.29) is 24.2 Å². The third-order valence-electron chi connectivity index (χ3n) is 7.81. The first-order valence-corrected chi connectivity index (χ1v) is 14.7. The highest BCUT2D eigenvalue weighted by molar-refractivity contribution is 6.10. The topological polar surface area (TPSA) is 55.9 Å². The number of aryl methyl sites for hydroxylation is 1. The number of anilines is 3. The summed E-state index contributed by atoms with van der Waals surface area (Å²) in [4.78, 5) is 33.4. The SMILES string of the molecule is Cc1ccc(-c2ccccc2C(=O)Nc2ccc(C(=O)N(C)c3ccccc3N3CCN(CC(C)C)CC3)cc2)cc1.Cl. The van der Waals surface area contributed by atoms with Crippen LogP contribution in [0.2, 0.25) is 0 Å². The Hall–Kier alpha value is -4.13. The van der Waals surface area contributed by atoms with Crippen LogP contribution in [0.5, 0.6) is 0 Å². The molecule has 2 amide bonds. The highest BCUT2D eigenvalue weighted by atomic mass is 35.5. The molecule has 0 radical (unpaired) electrons. The number of nitrogens with zero attached hydrogens (tertiary/aromatic N) is 3. The van der Waals surface area contributed by atoms with Crippen molar-refractivity contribution in [3.63, 3.8) is 0 Å². The van der Waals surface area contributed by atoms with Crippen LogP contribution in [0.25, 0.3) is 11.1 Å². The quantitative estimate of drug-likeness (QED) is 0.230. The standard InChI is InChI=1S/C36H40N4O2.ClH/c1-26(2)25-39-21-23-40(24-22-39)34-12-8-7-11-33(34)38(4)36(42)29-17-19-30(20-18-29)37-35(41)32-10-6-5-9-31(32)28-15-13-27(3)14-16-28;/h5-20,26H,21-25H2,1-4H3,(H,37,41);1H. The van der Waals surface area contributed by atoms with Crippen LogP contribution >= 0.6 is 12.4 Å². The molecule has 0 atom stereocenters. The van der Waals surface area contributed by atoms with Crippen molar-refractivity contribution in [3.8, 4) is 11.1 Å². The summed E-state index contributed by atoms with van der Waals surface area (Å²) in [5, 5.41) is 3.00. The van der Waals surface area contributed by atoms with Gasteiger partial charge in [-0.2, -0.15) is 0 Å². The van der Waals surface area contributed by atoms with Crippen LogP contribution in [0.1, 0.15) is 40.1 Å². The minimum Gasteiger partial charge on any atom is -0.367 e. The van der Waals surface area contributed by atoms with E-state index in [0.29, 0.717) is 22.7 Å². The number of carbonyl (C=O) groups excluding carboxylic acids is 2. The summed E-state index contributed by atoms with van der Waals surface area (Å²) >= 11 is 0. The average molecular weight is 597 g/mol. The average Bonchev–Trinajstić information content (AvgIpc) is 3.01. The van der Waals surface area contributed by atoms with Gasteiger partial charge in [-0.25, -0.2) is 0 Å². The van der Waals surface area contributed by atoms with Crippen LogP contribution in [0, 0.1) is 12.8 Å². The van der Waals surface area contributed by atoms with Crippen molar-refractivity contribution in [3.05, 3.63) is 114 Å². The van der Waals surface area contributed by atoms with E-state index >= 15 is 0 Å². The van der Waals surface area contributed by atoms with E-state index in [9.17, 15) is 9.59 Å². The number of rotatable bonds is 8. The molecule has 224 valence electrons. The summed E-state index contributed by atoms with van der Waals surface area (Å²) in [7, 11) is 1.83. The molecule has 0 spiro atoms. The monoisotopic (exact) mass is 596 g/mol. The molecule has 0 unspecified atom stereocenters. The Morgan fingerprint density at radius 2 is 1.44 bits per heavy atom. The second-order valence-corrected chi connectivity index (χ2v) is 11.5. The summed E-state index contributed by atoms with van der Waals surface area (Å²) in [5.41, 5.74) is 6.81. The largest absolute Gasteiger partial charge is 0.367 e. The lowest BCUT2D eigenvalue weighted by atomic mass is 9.98. The number of nitrogens with one attached hydrogen (secondary N) is 1. The van der Waals surface area contributed by atoms with Gasteiger partial charge in [0.25, 0.3) is 11.8 Å². The summed E-state index contributed by atoms with van der Waals surface area (Å²) in [5.74, 6) is 0.370. The molecule has 43 heavy (non-hydrogen) atoms. The van der Waals surface area contributed by atoms with Gasteiger partial charge in [0.05, 0.1) is 11.4 Å². The fraction of sp³-hybridized carbons (Fsp3) is 0.278. The molecule has 1 aliphatic heterocycles. The Balaban J connectivity index is 0.00000423. The van der Waals surface area contributed by atoms with Gasteiger partial charge in [-0.15, -0.1) is 12.4 Å². The molecule has 4 aromatic carbocycles. The first-order chi connectivity index (χ1) is 20.3. The molecule has 4 aromatic rings. The van der Waals surface area contributed by atoms with Crippen LogP contribution in [-0.2, 0) is 0 Å². The molecule has 0 aromatic heterocycles. The number of hydrogen-bond acceptors (Lipinski definition) is 4. The fourth-order valence-corrected chi connectivity index (χ4v) is 5.57. The van der Waals surface area contributed by atoms with Crippen LogP contribution in [-0.4, -0.2) is 56.5 Å². The molecule has 1 heterocycles. The van der Waals surface area contributed by atoms with Crippen LogP contribution in [0.4, 0.5) is 17.1 Å². The zero-order valence-corrected chi connectivity index (χ0v) is 26.2. The molecular weight excluding hydrogens is 556 g/mol. The molecule has 1 aliphatic rings. The fourth-order valence-electron chi connectivity index (χ4n) is 5.57. The Kier molecular flexibility index (Phi) is 10.6. The predicted octanol–water partition coefficient (Wildman–Crippen LogP) is 7.39. The Morgan fingerprint density at radius 1 is 0.814 bits per heavy atom. The van der Waals surface area contributed by atoms with Gasteiger partial charge in [-0.3, -0.25) is 14.5 Å². The van der Waals surface area contributed by atoms with E-state index in [1.54, 1.807) is 29.2 Å². The number of hydrogen-bond donors (Lipinski definition) is 1. The van der Waals surface area contributed by atoms with Gasteiger partial charge in [0.1, 0.15) is 0 Å². The molecule has 1 fully saturated rings. The zero-order chi connectivity index (χ0) is 29.6. The zero-order valence-electron chi connectivity index (χ0n) is 25.4.